The fourth-order valence-corrected chi connectivity index (χ4v) is 3.08. The van der Waals surface area contributed by atoms with Gasteiger partial charge in [0.15, 0.2) is 0 Å². The summed E-state index contributed by atoms with van der Waals surface area (Å²) in [6, 6.07) is 11.5. The molecule has 2 N–H and O–H groups in total. The Hall–Kier alpha value is -2.62. The first-order valence-corrected chi connectivity index (χ1v) is 8.96. The Kier molecular flexibility index (Phi) is 5.83. The number of amides is 1. The minimum absolute atomic E-state index is 0.191. The van der Waals surface area contributed by atoms with E-state index in [1.165, 1.54) is 25.7 Å². The molecule has 130 valence electrons. The van der Waals surface area contributed by atoms with E-state index in [-0.39, 0.29) is 5.91 Å². The number of pyridine rings is 1. The van der Waals surface area contributed by atoms with Gasteiger partial charge in [0.2, 0.25) is 0 Å². The van der Waals surface area contributed by atoms with Gasteiger partial charge < -0.3 is 10.6 Å². The van der Waals surface area contributed by atoms with Crippen molar-refractivity contribution in [3.63, 3.8) is 0 Å². The second-order valence-electron chi connectivity index (χ2n) is 6.54. The van der Waals surface area contributed by atoms with Crippen LogP contribution in [0.1, 0.15) is 48.2 Å². The summed E-state index contributed by atoms with van der Waals surface area (Å²) in [4.78, 5) is 16.6. The van der Waals surface area contributed by atoms with E-state index in [4.69, 9.17) is 0 Å². The minimum Gasteiger partial charge on any atom is -0.385 e. The maximum atomic E-state index is 12.4. The summed E-state index contributed by atoms with van der Waals surface area (Å²) in [6.45, 7) is 2.88. The third-order valence-corrected chi connectivity index (χ3v) is 4.43. The number of hydrogen-bond acceptors (Lipinski definition) is 3. The van der Waals surface area contributed by atoms with Gasteiger partial charge in [-0.25, -0.2) is 0 Å². The highest BCUT2D eigenvalue weighted by molar-refractivity contribution is 6.03. The van der Waals surface area contributed by atoms with E-state index in [0.717, 1.165) is 29.9 Å². The monoisotopic (exact) mass is 335 g/mol. The molecule has 0 atom stereocenters. The summed E-state index contributed by atoms with van der Waals surface area (Å²) in [5, 5.41) is 6.30. The van der Waals surface area contributed by atoms with Crippen LogP contribution < -0.4 is 10.6 Å². The maximum absolute atomic E-state index is 12.4. The first-order chi connectivity index (χ1) is 12.2. The molecular formula is C21H25N3O. The lowest BCUT2D eigenvalue weighted by atomic mass is 9.97. The molecule has 1 heterocycles. The van der Waals surface area contributed by atoms with Crippen molar-refractivity contribution in [2.24, 2.45) is 0 Å². The molecule has 1 aromatic carbocycles. The van der Waals surface area contributed by atoms with Gasteiger partial charge in [0.25, 0.3) is 5.91 Å². The highest BCUT2D eigenvalue weighted by Crippen LogP contribution is 2.20. The largest absolute Gasteiger partial charge is 0.385 e. The second kappa shape index (κ2) is 8.47. The number of aromatic nitrogens is 1. The molecule has 0 bridgehead atoms. The molecule has 0 spiro atoms. The molecule has 4 heteroatoms. The molecule has 0 aliphatic heterocycles. The summed E-state index contributed by atoms with van der Waals surface area (Å²) in [5.74, 6) is -0.191. The van der Waals surface area contributed by atoms with Gasteiger partial charge in [-0.3, -0.25) is 9.78 Å². The summed E-state index contributed by atoms with van der Waals surface area (Å²) in [5.41, 5.74) is 4.79. The number of nitrogens with one attached hydrogen (secondary N) is 2. The number of anilines is 2. The molecule has 25 heavy (non-hydrogen) atoms. The number of hydrogen-bond donors (Lipinski definition) is 2. The zero-order chi connectivity index (χ0) is 17.5. The van der Waals surface area contributed by atoms with Gasteiger partial charge in [-0.05, 0) is 68.9 Å². The Balaban J connectivity index is 1.56. The van der Waals surface area contributed by atoms with E-state index >= 15 is 0 Å². The molecular weight excluding hydrogens is 310 g/mol. The van der Waals surface area contributed by atoms with Crippen LogP contribution in [-0.4, -0.2) is 17.4 Å². The lowest BCUT2D eigenvalue weighted by Crippen LogP contribution is -2.14. The van der Waals surface area contributed by atoms with Crippen LogP contribution in [0.15, 0.2) is 54.2 Å². The number of carbonyl (C=O) groups excluding carboxylic acids is 1. The Morgan fingerprint density at radius 1 is 1.16 bits per heavy atom. The molecule has 0 fully saturated rings. The molecule has 1 aliphatic carbocycles. The number of benzene rings is 1. The zero-order valence-corrected chi connectivity index (χ0v) is 14.7. The van der Waals surface area contributed by atoms with Gasteiger partial charge >= 0.3 is 0 Å². The third-order valence-electron chi connectivity index (χ3n) is 4.43. The van der Waals surface area contributed by atoms with Crippen molar-refractivity contribution in [2.75, 3.05) is 17.2 Å². The quantitative estimate of drug-likeness (QED) is 0.735. The number of rotatable bonds is 6. The molecule has 1 amide bonds. The first-order valence-electron chi connectivity index (χ1n) is 8.96. The normalized spacial score (nSPS) is 13.9. The van der Waals surface area contributed by atoms with Gasteiger partial charge in [-0.15, -0.1) is 0 Å². The van der Waals surface area contributed by atoms with Crippen LogP contribution >= 0.6 is 0 Å². The second-order valence-corrected chi connectivity index (χ2v) is 6.54. The van der Waals surface area contributed by atoms with Crippen LogP contribution in [0.4, 0.5) is 11.4 Å². The Labute approximate surface area is 149 Å². The smallest absolute Gasteiger partial charge is 0.274 e. The van der Waals surface area contributed by atoms with Crippen molar-refractivity contribution in [3.8, 4) is 0 Å². The molecule has 0 saturated heterocycles. The maximum Gasteiger partial charge on any atom is 0.274 e. The van der Waals surface area contributed by atoms with E-state index in [1.54, 1.807) is 17.8 Å². The number of nitrogens with zero attached hydrogens (tertiary/aromatic N) is 1. The molecule has 1 aliphatic rings. The molecule has 4 nitrogen and oxygen atoms in total. The van der Waals surface area contributed by atoms with Crippen LogP contribution in [0.3, 0.4) is 0 Å². The minimum atomic E-state index is -0.191. The van der Waals surface area contributed by atoms with Crippen molar-refractivity contribution < 1.29 is 4.79 Å². The Bertz CT molecular complexity index is 767. The van der Waals surface area contributed by atoms with E-state index in [9.17, 15) is 4.79 Å². The van der Waals surface area contributed by atoms with Gasteiger partial charge in [-0.2, -0.15) is 0 Å². The van der Waals surface area contributed by atoms with Crippen LogP contribution in [0, 0.1) is 6.92 Å². The SMILES string of the molecule is Cc1cccc(NC(=O)c2cc(NCCC3=CCCCC3)ccn2)c1. The summed E-state index contributed by atoms with van der Waals surface area (Å²) in [6.07, 6.45) is 10.2. The summed E-state index contributed by atoms with van der Waals surface area (Å²) >= 11 is 0. The topological polar surface area (TPSA) is 54.0 Å². The number of allylic oxidation sites excluding steroid dienone is 1. The summed E-state index contributed by atoms with van der Waals surface area (Å²) < 4.78 is 0. The fourth-order valence-electron chi connectivity index (χ4n) is 3.08. The van der Waals surface area contributed by atoms with Gasteiger partial charge in [0, 0.05) is 24.1 Å². The molecule has 0 radical (unpaired) electrons. The highest BCUT2D eigenvalue weighted by Gasteiger charge is 2.09. The third kappa shape index (κ3) is 5.18. The molecule has 2 aromatic rings. The van der Waals surface area contributed by atoms with Gasteiger partial charge in [-0.1, -0.05) is 23.8 Å². The average Bonchev–Trinajstić information content (AvgIpc) is 2.63. The molecule has 0 unspecified atom stereocenters. The van der Waals surface area contributed by atoms with Gasteiger partial charge in [0.05, 0.1) is 0 Å². The van der Waals surface area contributed by atoms with Crippen LogP contribution in [-0.2, 0) is 0 Å². The Morgan fingerprint density at radius 3 is 2.88 bits per heavy atom. The van der Waals surface area contributed by atoms with Crippen LogP contribution in [0.2, 0.25) is 0 Å². The standard InChI is InChI=1S/C21H25N3O/c1-16-6-5-9-19(14-16)24-21(25)20-15-18(11-13-23-20)22-12-10-17-7-3-2-4-8-17/h5-7,9,11,13-15H,2-4,8,10,12H2,1H3,(H,22,23)(H,24,25). The molecule has 0 saturated carbocycles. The van der Waals surface area contributed by atoms with E-state index < -0.39 is 0 Å². The van der Waals surface area contributed by atoms with Crippen molar-refractivity contribution in [2.45, 2.75) is 39.0 Å². The fraction of sp³-hybridized carbons (Fsp3) is 0.333. The lowest BCUT2D eigenvalue weighted by Gasteiger charge is -2.13. The van der Waals surface area contributed by atoms with Gasteiger partial charge in [0.1, 0.15) is 5.69 Å². The van der Waals surface area contributed by atoms with Crippen molar-refractivity contribution >= 4 is 17.3 Å². The van der Waals surface area contributed by atoms with E-state index in [0.29, 0.717) is 5.69 Å². The van der Waals surface area contributed by atoms with Crippen molar-refractivity contribution in [1.82, 2.24) is 4.98 Å². The number of carbonyl (C=O) groups is 1. The summed E-state index contributed by atoms with van der Waals surface area (Å²) in [7, 11) is 0. The van der Waals surface area contributed by atoms with E-state index in [2.05, 4.69) is 21.7 Å². The van der Waals surface area contributed by atoms with Crippen LogP contribution in [0.5, 0.6) is 0 Å². The Morgan fingerprint density at radius 2 is 2.08 bits per heavy atom. The predicted molar refractivity (Wildman–Crippen MR) is 103 cm³/mol. The van der Waals surface area contributed by atoms with Crippen molar-refractivity contribution in [3.05, 3.63) is 65.5 Å². The van der Waals surface area contributed by atoms with Crippen LogP contribution in [0.25, 0.3) is 0 Å². The average molecular weight is 335 g/mol. The van der Waals surface area contributed by atoms with Crippen molar-refractivity contribution in [1.29, 1.82) is 0 Å². The van der Waals surface area contributed by atoms with E-state index in [1.807, 2.05) is 37.3 Å². The molecule has 3 rings (SSSR count). The first kappa shape index (κ1) is 17.2. The predicted octanol–water partition coefficient (Wildman–Crippen LogP) is 4.94. The molecule has 1 aromatic heterocycles. The highest BCUT2D eigenvalue weighted by atomic mass is 16.1. The zero-order valence-electron chi connectivity index (χ0n) is 14.7. The lowest BCUT2D eigenvalue weighted by molar-refractivity contribution is 0.102. The number of aryl methyl sites for hydroxylation is 1.